The fourth-order valence-electron chi connectivity index (χ4n) is 2.72. The van der Waals surface area contributed by atoms with Crippen LogP contribution >= 0.6 is 11.6 Å². The second-order valence-corrected chi connectivity index (χ2v) is 6.05. The zero-order valence-corrected chi connectivity index (χ0v) is 12.5. The van der Waals surface area contributed by atoms with Gasteiger partial charge in [0.05, 0.1) is 11.5 Å². The molecular weight excluding hydrogens is 319 g/mol. The SMILES string of the molecule is O=C(O)C1CCC(NCc2cc(Cl)cc(C(F)(F)F)c2)CC1. The molecule has 1 aromatic rings. The molecule has 122 valence electrons. The van der Waals surface area contributed by atoms with E-state index in [9.17, 15) is 18.0 Å². The van der Waals surface area contributed by atoms with Crippen molar-refractivity contribution in [1.29, 1.82) is 0 Å². The second kappa shape index (κ2) is 6.87. The minimum atomic E-state index is -4.42. The summed E-state index contributed by atoms with van der Waals surface area (Å²) >= 11 is 5.74. The van der Waals surface area contributed by atoms with Crippen LogP contribution in [0.25, 0.3) is 0 Å². The fourth-order valence-corrected chi connectivity index (χ4v) is 2.98. The molecule has 7 heteroatoms. The topological polar surface area (TPSA) is 49.3 Å². The van der Waals surface area contributed by atoms with Crippen LogP contribution in [-0.4, -0.2) is 17.1 Å². The molecule has 0 spiro atoms. The molecular formula is C15H17ClF3NO2. The number of aliphatic carboxylic acids is 1. The first-order valence-corrected chi connectivity index (χ1v) is 7.46. The van der Waals surface area contributed by atoms with E-state index in [-0.39, 0.29) is 23.5 Å². The van der Waals surface area contributed by atoms with Crippen LogP contribution in [0.2, 0.25) is 5.02 Å². The van der Waals surface area contributed by atoms with Gasteiger partial charge in [-0.2, -0.15) is 13.2 Å². The van der Waals surface area contributed by atoms with E-state index >= 15 is 0 Å². The Balaban J connectivity index is 1.92. The third kappa shape index (κ3) is 4.61. The zero-order valence-electron chi connectivity index (χ0n) is 11.8. The maximum absolute atomic E-state index is 12.7. The van der Waals surface area contributed by atoms with Gasteiger partial charge in [-0.05, 0) is 49.4 Å². The summed E-state index contributed by atoms with van der Waals surface area (Å²) in [5.41, 5.74) is -0.286. The molecule has 0 heterocycles. The molecule has 2 rings (SSSR count). The Morgan fingerprint density at radius 2 is 1.86 bits per heavy atom. The number of carboxylic acid groups (broad SMARTS) is 1. The van der Waals surface area contributed by atoms with Crippen molar-refractivity contribution in [2.24, 2.45) is 5.92 Å². The monoisotopic (exact) mass is 335 g/mol. The van der Waals surface area contributed by atoms with Gasteiger partial charge in [-0.3, -0.25) is 4.79 Å². The van der Waals surface area contributed by atoms with Crippen molar-refractivity contribution in [3.8, 4) is 0 Å². The molecule has 0 atom stereocenters. The molecule has 0 aliphatic heterocycles. The van der Waals surface area contributed by atoms with Gasteiger partial charge in [0.2, 0.25) is 0 Å². The summed E-state index contributed by atoms with van der Waals surface area (Å²) in [6.45, 7) is 0.284. The molecule has 0 unspecified atom stereocenters. The van der Waals surface area contributed by atoms with Crippen LogP contribution in [0.5, 0.6) is 0 Å². The molecule has 0 amide bonds. The van der Waals surface area contributed by atoms with Gasteiger partial charge in [0.25, 0.3) is 0 Å². The van der Waals surface area contributed by atoms with Crippen LogP contribution in [0, 0.1) is 5.92 Å². The molecule has 22 heavy (non-hydrogen) atoms. The van der Waals surface area contributed by atoms with Crippen molar-refractivity contribution in [1.82, 2.24) is 5.32 Å². The average Bonchev–Trinajstić information content (AvgIpc) is 2.44. The summed E-state index contributed by atoms with van der Waals surface area (Å²) in [5, 5.41) is 12.2. The molecule has 1 fully saturated rings. The lowest BCUT2D eigenvalue weighted by atomic mass is 9.86. The van der Waals surface area contributed by atoms with E-state index < -0.39 is 17.7 Å². The molecule has 1 aromatic carbocycles. The first-order valence-electron chi connectivity index (χ1n) is 7.08. The molecule has 1 saturated carbocycles. The smallest absolute Gasteiger partial charge is 0.416 e. The summed E-state index contributed by atoms with van der Waals surface area (Å²) in [7, 11) is 0. The van der Waals surface area contributed by atoms with Crippen LogP contribution < -0.4 is 5.32 Å². The highest BCUT2D eigenvalue weighted by atomic mass is 35.5. The standard InChI is InChI=1S/C15H17ClF3NO2/c16-12-6-9(5-11(7-12)15(17,18)19)8-20-13-3-1-10(2-4-13)14(21)22/h5-7,10,13,20H,1-4,8H2,(H,21,22). The van der Waals surface area contributed by atoms with Crippen LogP contribution in [0.1, 0.15) is 36.8 Å². The number of alkyl halides is 3. The summed E-state index contributed by atoms with van der Waals surface area (Å²) in [5.74, 6) is -1.08. The first kappa shape index (κ1) is 17.1. The van der Waals surface area contributed by atoms with E-state index in [1.807, 2.05) is 0 Å². The number of hydrogen-bond donors (Lipinski definition) is 2. The largest absolute Gasteiger partial charge is 0.481 e. The van der Waals surface area contributed by atoms with Crippen molar-refractivity contribution in [2.75, 3.05) is 0 Å². The highest BCUT2D eigenvalue weighted by Gasteiger charge is 2.31. The highest BCUT2D eigenvalue weighted by Crippen LogP contribution is 2.32. The number of carboxylic acids is 1. The van der Waals surface area contributed by atoms with E-state index in [0.717, 1.165) is 12.1 Å². The predicted octanol–water partition coefficient (Wildman–Crippen LogP) is 4.09. The van der Waals surface area contributed by atoms with Gasteiger partial charge >= 0.3 is 12.1 Å². The number of halogens is 4. The molecule has 3 nitrogen and oxygen atoms in total. The van der Waals surface area contributed by atoms with Gasteiger partial charge in [-0.15, -0.1) is 0 Å². The molecule has 1 aliphatic carbocycles. The summed E-state index contributed by atoms with van der Waals surface area (Å²) in [4.78, 5) is 10.9. The molecule has 0 radical (unpaired) electrons. The lowest BCUT2D eigenvalue weighted by Gasteiger charge is -2.27. The van der Waals surface area contributed by atoms with Gasteiger partial charge in [0.1, 0.15) is 0 Å². The predicted molar refractivity (Wildman–Crippen MR) is 76.7 cm³/mol. The Hall–Kier alpha value is -1.27. The average molecular weight is 336 g/mol. The Labute approximate surface area is 131 Å². The van der Waals surface area contributed by atoms with Gasteiger partial charge < -0.3 is 10.4 Å². The lowest BCUT2D eigenvalue weighted by molar-refractivity contribution is -0.143. The van der Waals surface area contributed by atoms with E-state index in [1.165, 1.54) is 6.07 Å². The van der Waals surface area contributed by atoms with Crippen molar-refractivity contribution < 1.29 is 23.1 Å². The fraction of sp³-hybridized carbons (Fsp3) is 0.533. The number of rotatable bonds is 4. The molecule has 0 saturated heterocycles. The van der Waals surface area contributed by atoms with Crippen LogP contribution in [0.4, 0.5) is 13.2 Å². The summed E-state index contributed by atoms with van der Waals surface area (Å²) < 4.78 is 38.2. The van der Waals surface area contributed by atoms with E-state index in [1.54, 1.807) is 0 Å². The third-order valence-electron chi connectivity index (χ3n) is 3.96. The van der Waals surface area contributed by atoms with Crippen molar-refractivity contribution in [3.63, 3.8) is 0 Å². The molecule has 1 aliphatic rings. The quantitative estimate of drug-likeness (QED) is 0.871. The number of nitrogens with one attached hydrogen (secondary N) is 1. The van der Waals surface area contributed by atoms with Crippen LogP contribution in [-0.2, 0) is 17.5 Å². The van der Waals surface area contributed by atoms with E-state index in [2.05, 4.69) is 5.32 Å². The molecule has 2 N–H and O–H groups in total. The number of carbonyl (C=O) groups is 1. The van der Waals surface area contributed by atoms with Gasteiger partial charge in [-0.25, -0.2) is 0 Å². The van der Waals surface area contributed by atoms with E-state index in [4.69, 9.17) is 16.7 Å². The Morgan fingerprint density at radius 1 is 1.23 bits per heavy atom. The van der Waals surface area contributed by atoms with Gasteiger partial charge in [0.15, 0.2) is 0 Å². The molecule has 0 aromatic heterocycles. The Kier molecular flexibility index (Phi) is 5.34. The number of hydrogen-bond acceptors (Lipinski definition) is 2. The highest BCUT2D eigenvalue weighted by molar-refractivity contribution is 6.30. The minimum absolute atomic E-state index is 0.0567. The second-order valence-electron chi connectivity index (χ2n) is 5.61. The van der Waals surface area contributed by atoms with Crippen molar-refractivity contribution >= 4 is 17.6 Å². The van der Waals surface area contributed by atoms with Crippen LogP contribution in [0.15, 0.2) is 18.2 Å². The van der Waals surface area contributed by atoms with Crippen molar-refractivity contribution in [3.05, 3.63) is 34.3 Å². The minimum Gasteiger partial charge on any atom is -0.481 e. The Bertz CT molecular complexity index is 540. The van der Waals surface area contributed by atoms with Gasteiger partial charge in [0, 0.05) is 17.6 Å². The first-order chi connectivity index (χ1) is 10.3. The Morgan fingerprint density at radius 3 is 2.41 bits per heavy atom. The maximum atomic E-state index is 12.7. The normalized spacial score (nSPS) is 22.5. The third-order valence-corrected chi connectivity index (χ3v) is 4.17. The summed E-state index contributed by atoms with van der Waals surface area (Å²) in [6.07, 6.45) is -1.81. The zero-order chi connectivity index (χ0) is 16.3. The lowest BCUT2D eigenvalue weighted by Crippen LogP contribution is -2.34. The van der Waals surface area contributed by atoms with Gasteiger partial charge in [-0.1, -0.05) is 11.6 Å². The summed E-state index contributed by atoms with van der Waals surface area (Å²) in [6, 6.07) is 3.63. The number of benzene rings is 1. The molecule has 0 bridgehead atoms. The van der Waals surface area contributed by atoms with Crippen molar-refractivity contribution in [2.45, 2.75) is 44.4 Å². The van der Waals surface area contributed by atoms with Crippen LogP contribution in [0.3, 0.4) is 0 Å². The maximum Gasteiger partial charge on any atom is 0.416 e. The van der Waals surface area contributed by atoms with E-state index in [0.29, 0.717) is 31.2 Å².